The number of nitrogens with one attached hydrogen (secondary N) is 1. The minimum Gasteiger partial charge on any atom is -0.324 e. The highest BCUT2D eigenvalue weighted by atomic mass is 32.2. The number of hydrogen-bond donors (Lipinski definition) is 2. The molecular formula is C14H18N4S. The van der Waals surface area contributed by atoms with Gasteiger partial charge in [0.1, 0.15) is 5.82 Å². The topological polar surface area (TPSA) is 67.6 Å². The van der Waals surface area contributed by atoms with Crippen molar-refractivity contribution in [1.29, 1.82) is 0 Å². The third-order valence-corrected chi connectivity index (χ3v) is 4.79. The summed E-state index contributed by atoms with van der Waals surface area (Å²) in [6, 6.07) is 8.50. The fourth-order valence-electron chi connectivity index (χ4n) is 2.40. The first-order valence-corrected chi connectivity index (χ1v) is 7.61. The van der Waals surface area contributed by atoms with E-state index in [0.717, 1.165) is 22.5 Å². The van der Waals surface area contributed by atoms with E-state index in [4.69, 9.17) is 5.73 Å². The Morgan fingerprint density at radius 1 is 1.21 bits per heavy atom. The minimum atomic E-state index is 0.391. The summed E-state index contributed by atoms with van der Waals surface area (Å²) < 4.78 is 0. The number of aromatic nitrogens is 3. The van der Waals surface area contributed by atoms with Gasteiger partial charge in [-0.1, -0.05) is 25.0 Å². The highest BCUT2D eigenvalue weighted by molar-refractivity contribution is 8.00. The van der Waals surface area contributed by atoms with Gasteiger partial charge >= 0.3 is 0 Å². The van der Waals surface area contributed by atoms with Crippen LogP contribution in [0.3, 0.4) is 0 Å². The van der Waals surface area contributed by atoms with Crippen molar-refractivity contribution in [3.05, 3.63) is 30.1 Å². The summed E-state index contributed by atoms with van der Waals surface area (Å²) in [5.74, 6) is 1.44. The normalized spacial score (nSPS) is 16.1. The van der Waals surface area contributed by atoms with Crippen LogP contribution < -0.4 is 5.73 Å². The number of thioether (sulfide) groups is 1. The van der Waals surface area contributed by atoms with Gasteiger partial charge in [0.05, 0.1) is 6.54 Å². The van der Waals surface area contributed by atoms with E-state index in [1.165, 1.54) is 30.6 Å². The molecule has 19 heavy (non-hydrogen) atoms. The summed E-state index contributed by atoms with van der Waals surface area (Å²) in [5, 5.41) is 7.81. The van der Waals surface area contributed by atoms with Crippen LogP contribution in [0.4, 0.5) is 0 Å². The van der Waals surface area contributed by atoms with Crippen LogP contribution in [-0.2, 0) is 6.54 Å². The number of rotatable bonds is 4. The van der Waals surface area contributed by atoms with E-state index in [1.807, 2.05) is 11.8 Å². The fourth-order valence-corrected chi connectivity index (χ4v) is 3.64. The van der Waals surface area contributed by atoms with E-state index in [0.29, 0.717) is 6.54 Å². The molecule has 1 heterocycles. The van der Waals surface area contributed by atoms with E-state index in [1.54, 1.807) is 0 Å². The first-order valence-electron chi connectivity index (χ1n) is 6.73. The van der Waals surface area contributed by atoms with Gasteiger partial charge in [-0.2, -0.15) is 5.10 Å². The van der Waals surface area contributed by atoms with Crippen molar-refractivity contribution in [3.8, 4) is 11.4 Å². The van der Waals surface area contributed by atoms with Crippen molar-refractivity contribution in [3.63, 3.8) is 0 Å². The molecule has 5 heteroatoms. The van der Waals surface area contributed by atoms with Gasteiger partial charge < -0.3 is 5.73 Å². The van der Waals surface area contributed by atoms with E-state index in [-0.39, 0.29) is 0 Å². The van der Waals surface area contributed by atoms with Gasteiger partial charge in [-0.25, -0.2) is 4.98 Å². The smallest absolute Gasteiger partial charge is 0.181 e. The highest BCUT2D eigenvalue weighted by Gasteiger charge is 2.16. The molecular weight excluding hydrogens is 256 g/mol. The fraction of sp³-hybridized carbons (Fsp3) is 0.429. The maximum atomic E-state index is 5.52. The Kier molecular flexibility index (Phi) is 3.84. The second-order valence-corrected chi connectivity index (χ2v) is 6.23. The SMILES string of the molecule is NCc1nc(-c2ccc(SC3CCCC3)cc2)n[nH]1. The zero-order valence-corrected chi connectivity index (χ0v) is 11.6. The summed E-state index contributed by atoms with van der Waals surface area (Å²) >= 11 is 2.00. The van der Waals surface area contributed by atoms with Gasteiger partial charge in [-0.15, -0.1) is 11.8 Å². The lowest BCUT2D eigenvalue weighted by atomic mass is 10.2. The third-order valence-electron chi connectivity index (χ3n) is 3.44. The molecule has 2 aromatic rings. The molecule has 0 atom stereocenters. The molecule has 1 fully saturated rings. The first-order chi connectivity index (χ1) is 9.35. The number of nitrogens with two attached hydrogens (primary N) is 1. The van der Waals surface area contributed by atoms with Crippen LogP contribution in [0.5, 0.6) is 0 Å². The van der Waals surface area contributed by atoms with E-state index >= 15 is 0 Å². The number of benzene rings is 1. The summed E-state index contributed by atoms with van der Waals surface area (Å²) in [7, 11) is 0. The number of aromatic amines is 1. The minimum absolute atomic E-state index is 0.391. The lowest BCUT2D eigenvalue weighted by molar-refractivity contribution is 0.886. The molecule has 0 amide bonds. The third kappa shape index (κ3) is 2.98. The Balaban J connectivity index is 1.70. The van der Waals surface area contributed by atoms with Crippen LogP contribution in [0.25, 0.3) is 11.4 Å². The van der Waals surface area contributed by atoms with Crippen LogP contribution in [0.2, 0.25) is 0 Å². The Morgan fingerprint density at radius 2 is 1.95 bits per heavy atom. The molecule has 1 aliphatic carbocycles. The number of nitrogens with zero attached hydrogens (tertiary/aromatic N) is 2. The Morgan fingerprint density at radius 3 is 2.58 bits per heavy atom. The summed E-state index contributed by atoms with van der Waals surface area (Å²) in [5.41, 5.74) is 6.55. The van der Waals surface area contributed by atoms with Crippen molar-refractivity contribution in [2.24, 2.45) is 5.73 Å². The van der Waals surface area contributed by atoms with Crippen LogP contribution in [0.15, 0.2) is 29.2 Å². The van der Waals surface area contributed by atoms with Crippen molar-refractivity contribution < 1.29 is 0 Å². The predicted octanol–water partition coefficient (Wildman–Crippen LogP) is 2.97. The molecule has 1 saturated carbocycles. The number of hydrogen-bond acceptors (Lipinski definition) is 4. The average Bonchev–Trinajstić information content (AvgIpc) is 3.10. The van der Waals surface area contributed by atoms with Crippen molar-refractivity contribution in [2.45, 2.75) is 42.4 Å². The average molecular weight is 274 g/mol. The Hall–Kier alpha value is -1.33. The second-order valence-electron chi connectivity index (χ2n) is 4.86. The van der Waals surface area contributed by atoms with Crippen LogP contribution in [-0.4, -0.2) is 20.4 Å². The molecule has 4 nitrogen and oxygen atoms in total. The predicted molar refractivity (Wildman–Crippen MR) is 77.8 cm³/mol. The summed E-state index contributed by atoms with van der Waals surface area (Å²) in [4.78, 5) is 5.67. The molecule has 1 aromatic heterocycles. The molecule has 0 spiro atoms. The monoisotopic (exact) mass is 274 g/mol. The first kappa shape index (κ1) is 12.7. The Bertz CT molecular complexity index is 529. The van der Waals surface area contributed by atoms with Gasteiger partial charge in [0, 0.05) is 15.7 Å². The molecule has 1 aliphatic rings. The maximum absolute atomic E-state index is 5.52. The zero-order valence-electron chi connectivity index (χ0n) is 10.8. The largest absolute Gasteiger partial charge is 0.324 e. The highest BCUT2D eigenvalue weighted by Crippen LogP contribution is 2.35. The van der Waals surface area contributed by atoms with Gasteiger partial charge in [-0.3, -0.25) is 5.10 Å². The van der Waals surface area contributed by atoms with E-state index in [2.05, 4.69) is 39.4 Å². The maximum Gasteiger partial charge on any atom is 0.181 e. The van der Waals surface area contributed by atoms with Gasteiger partial charge in [0.2, 0.25) is 0 Å². The Labute approximate surface area is 117 Å². The lowest BCUT2D eigenvalue weighted by Gasteiger charge is -2.08. The summed E-state index contributed by atoms with van der Waals surface area (Å²) in [6.07, 6.45) is 5.48. The number of H-pyrrole nitrogens is 1. The molecule has 0 saturated heterocycles. The molecule has 0 unspecified atom stereocenters. The lowest BCUT2D eigenvalue weighted by Crippen LogP contribution is -1.97. The molecule has 3 N–H and O–H groups in total. The van der Waals surface area contributed by atoms with Gasteiger partial charge in [0.15, 0.2) is 5.82 Å². The molecule has 3 rings (SSSR count). The van der Waals surface area contributed by atoms with Crippen molar-refractivity contribution >= 4 is 11.8 Å². The van der Waals surface area contributed by atoms with Crippen LogP contribution >= 0.6 is 11.8 Å². The second kappa shape index (κ2) is 5.75. The quantitative estimate of drug-likeness (QED) is 0.899. The molecule has 0 radical (unpaired) electrons. The summed E-state index contributed by atoms with van der Waals surface area (Å²) in [6.45, 7) is 0.391. The standard InChI is InChI=1S/C14H18N4S/c15-9-13-16-14(18-17-13)10-5-7-12(8-6-10)19-11-3-1-2-4-11/h5-8,11H,1-4,9,15H2,(H,16,17,18). The molecule has 100 valence electrons. The van der Waals surface area contributed by atoms with E-state index in [9.17, 15) is 0 Å². The van der Waals surface area contributed by atoms with Crippen molar-refractivity contribution in [1.82, 2.24) is 15.2 Å². The van der Waals surface area contributed by atoms with Gasteiger partial charge in [0.25, 0.3) is 0 Å². The molecule has 0 bridgehead atoms. The van der Waals surface area contributed by atoms with Crippen LogP contribution in [0, 0.1) is 0 Å². The zero-order chi connectivity index (χ0) is 13.1. The van der Waals surface area contributed by atoms with Gasteiger partial charge in [-0.05, 0) is 25.0 Å². The molecule has 0 aliphatic heterocycles. The van der Waals surface area contributed by atoms with E-state index < -0.39 is 0 Å². The van der Waals surface area contributed by atoms with Crippen LogP contribution in [0.1, 0.15) is 31.5 Å². The van der Waals surface area contributed by atoms with Crippen molar-refractivity contribution in [2.75, 3.05) is 0 Å². The molecule has 1 aromatic carbocycles.